The van der Waals surface area contributed by atoms with Gasteiger partial charge in [0.05, 0.1) is 6.54 Å². The van der Waals surface area contributed by atoms with Gasteiger partial charge in [-0.2, -0.15) is 0 Å². The quantitative estimate of drug-likeness (QED) is 0.346. The molecule has 0 bridgehead atoms. The van der Waals surface area contributed by atoms with E-state index < -0.39 is 11.2 Å². The maximum absolute atomic E-state index is 13.0. The number of nitrogens with zero attached hydrogens (tertiary/aromatic N) is 4. The Kier molecular flexibility index (Phi) is 6.20. The lowest BCUT2D eigenvalue weighted by Crippen LogP contribution is -2.31. The van der Waals surface area contributed by atoms with Crippen LogP contribution in [0.15, 0.2) is 75.6 Å². The van der Waals surface area contributed by atoms with Crippen molar-refractivity contribution in [2.45, 2.75) is 19.5 Å². The summed E-state index contributed by atoms with van der Waals surface area (Å²) in [6.07, 6.45) is 0.682. The van der Waals surface area contributed by atoms with E-state index in [1.54, 1.807) is 7.11 Å². The predicted molar refractivity (Wildman–Crippen MR) is 133 cm³/mol. The van der Waals surface area contributed by atoms with Gasteiger partial charge in [0.1, 0.15) is 10.7 Å². The molecule has 0 radical (unpaired) electrons. The molecule has 0 atom stereocenters. The molecule has 2 aromatic carbocycles. The smallest absolute Gasteiger partial charge is 0.330 e. The first-order valence-electron chi connectivity index (χ1n) is 10.9. The molecule has 0 aliphatic heterocycles. The van der Waals surface area contributed by atoms with E-state index in [0.717, 1.165) is 16.1 Å². The fourth-order valence-electron chi connectivity index (χ4n) is 3.96. The molecule has 172 valence electrons. The highest BCUT2D eigenvalue weighted by Crippen LogP contribution is 2.30. The highest BCUT2D eigenvalue weighted by molar-refractivity contribution is 7.13. The number of imidazole rings is 1. The van der Waals surface area contributed by atoms with Crippen LogP contribution < -0.4 is 11.2 Å². The number of benzene rings is 2. The Hall–Kier alpha value is -3.82. The van der Waals surface area contributed by atoms with E-state index in [4.69, 9.17) is 14.7 Å². The monoisotopic (exact) mass is 473 g/mol. The van der Waals surface area contributed by atoms with Gasteiger partial charge >= 0.3 is 5.69 Å². The normalized spacial score (nSPS) is 11.3. The average molecular weight is 474 g/mol. The van der Waals surface area contributed by atoms with Crippen LogP contribution in [0.25, 0.3) is 33.3 Å². The number of aromatic nitrogens is 5. The first-order chi connectivity index (χ1) is 16.7. The molecule has 5 aromatic rings. The number of hydrogen-bond donors (Lipinski definition) is 1. The molecule has 34 heavy (non-hydrogen) atoms. The molecule has 0 saturated heterocycles. The van der Waals surface area contributed by atoms with Gasteiger partial charge in [-0.05, 0) is 12.0 Å². The van der Waals surface area contributed by atoms with Crippen LogP contribution in [0.4, 0.5) is 0 Å². The zero-order valence-corrected chi connectivity index (χ0v) is 19.4. The molecule has 0 aliphatic carbocycles. The zero-order valence-electron chi connectivity index (χ0n) is 18.6. The Bertz CT molecular complexity index is 1530. The topological polar surface area (TPSA) is 94.8 Å². The summed E-state index contributed by atoms with van der Waals surface area (Å²) in [7, 11) is 1.64. The van der Waals surface area contributed by atoms with Gasteiger partial charge < -0.3 is 9.30 Å². The molecule has 0 fully saturated rings. The maximum Gasteiger partial charge on any atom is 0.330 e. The van der Waals surface area contributed by atoms with Crippen LogP contribution in [-0.4, -0.2) is 37.8 Å². The van der Waals surface area contributed by atoms with E-state index >= 15 is 0 Å². The fraction of sp³-hybridized carbons (Fsp3) is 0.200. The van der Waals surface area contributed by atoms with Crippen LogP contribution in [0.1, 0.15) is 12.0 Å². The van der Waals surface area contributed by atoms with Gasteiger partial charge in [0.2, 0.25) is 0 Å². The number of aryl methyl sites for hydroxylation is 1. The van der Waals surface area contributed by atoms with Crippen molar-refractivity contribution in [3.8, 4) is 22.1 Å². The number of aromatic amines is 1. The fourth-order valence-corrected chi connectivity index (χ4v) is 4.76. The van der Waals surface area contributed by atoms with Crippen LogP contribution in [0.3, 0.4) is 0 Å². The van der Waals surface area contributed by atoms with Crippen LogP contribution in [-0.2, 0) is 17.8 Å². The molecule has 8 nitrogen and oxygen atoms in total. The summed E-state index contributed by atoms with van der Waals surface area (Å²) < 4.78 is 8.58. The minimum atomic E-state index is -0.488. The summed E-state index contributed by atoms with van der Waals surface area (Å²) in [6, 6.07) is 19.5. The summed E-state index contributed by atoms with van der Waals surface area (Å²) in [5.74, 6) is 0.558. The van der Waals surface area contributed by atoms with Gasteiger partial charge in [0.25, 0.3) is 5.56 Å². The molecule has 0 spiro atoms. The Balaban J connectivity index is 1.68. The third-order valence-corrected chi connectivity index (χ3v) is 6.44. The minimum absolute atomic E-state index is 0.299. The number of nitrogens with one attached hydrogen (secondary N) is 1. The first-order valence-corrected chi connectivity index (χ1v) is 11.8. The molecule has 3 aromatic heterocycles. The molecule has 9 heteroatoms. The largest absolute Gasteiger partial charge is 0.385 e. The molecule has 0 amide bonds. The van der Waals surface area contributed by atoms with Crippen molar-refractivity contribution in [3.63, 3.8) is 0 Å². The third-order valence-electron chi connectivity index (χ3n) is 5.55. The Labute approximate surface area is 199 Å². The number of hydrogen-bond acceptors (Lipinski definition) is 6. The van der Waals surface area contributed by atoms with Gasteiger partial charge in [-0.3, -0.25) is 14.3 Å². The van der Waals surface area contributed by atoms with Crippen molar-refractivity contribution < 1.29 is 4.74 Å². The lowest BCUT2D eigenvalue weighted by Gasteiger charge is -2.08. The Morgan fingerprint density at radius 1 is 0.971 bits per heavy atom. The minimum Gasteiger partial charge on any atom is -0.385 e. The van der Waals surface area contributed by atoms with Gasteiger partial charge in [0, 0.05) is 31.2 Å². The average Bonchev–Trinajstić information content (AvgIpc) is 3.49. The van der Waals surface area contributed by atoms with Crippen LogP contribution in [0.2, 0.25) is 0 Å². The number of rotatable bonds is 8. The summed E-state index contributed by atoms with van der Waals surface area (Å²) in [5.41, 5.74) is 2.37. The van der Waals surface area contributed by atoms with Crippen LogP contribution in [0.5, 0.6) is 0 Å². The lowest BCUT2D eigenvalue weighted by atomic mass is 10.2. The van der Waals surface area contributed by atoms with E-state index in [1.165, 1.54) is 15.9 Å². The van der Waals surface area contributed by atoms with E-state index in [1.807, 2.05) is 70.6 Å². The van der Waals surface area contributed by atoms with Gasteiger partial charge in [-0.15, -0.1) is 11.3 Å². The van der Waals surface area contributed by atoms with E-state index in [9.17, 15) is 9.59 Å². The molecule has 5 rings (SSSR count). The summed E-state index contributed by atoms with van der Waals surface area (Å²) in [6.45, 7) is 1.34. The van der Waals surface area contributed by atoms with E-state index in [-0.39, 0.29) is 0 Å². The number of fused-ring (bicyclic) bond motifs is 1. The van der Waals surface area contributed by atoms with Crippen molar-refractivity contribution in [1.29, 1.82) is 0 Å². The standard InChI is InChI=1S/C25H23N5O3S/c1-33-14-8-13-29-20-22(30(25(32)28-23(20)31)15-17-9-4-2-5-10-17)27-21(29)19-16-34-24(26-19)18-11-6-3-7-12-18/h2-7,9-12,16H,8,13-15H2,1H3,(H,28,31,32). The zero-order chi connectivity index (χ0) is 23.5. The number of H-pyrrole nitrogens is 1. The van der Waals surface area contributed by atoms with Gasteiger partial charge in [-0.1, -0.05) is 60.7 Å². The second kappa shape index (κ2) is 9.58. The molecule has 0 saturated carbocycles. The number of ether oxygens (including phenoxy) is 1. The van der Waals surface area contributed by atoms with Gasteiger partial charge in [-0.25, -0.2) is 14.8 Å². The molecular formula is C25H23N5O3S. The highest BCUT2D eigenvalue weighted by atomic mass is 32.1. The third kappa shape index (κ3) is 4.23. The maximum atomic E-state index is 13.0. The molecule has 0 unspecified atom stereocenters. The van der Waals surface area contributed by atoms with E-state index in [2.05, 4.69) is 4.98 Å². The lowest BCUT2D eigenvalue weighted by molar-refractivity contribution is 0.191. The Morgan fingerprint density at radius 2 is 1.71 bits per heavy atom. The molecule has 0 aliphatic rings. The molecule has 1 N–H and O–H groups in total. The summed E-state index contributed by atoms with van der Waals surface area (Å²) in [5, 5.41) is 2.80. The first kappa shape index (κ1) is 22.0. The van der Waals surface area contributed by atoms with Crippen LogP contribution in [0, 0.1) is 0 Å². The summed E-state index contributed by atoms with van der Waals surface area (Å²) in [4.78, 5) is 37.8. The van der Waals surface area contributed by atoms with Crippen molar-refractivity contribution in [2.75, 3.05) is 13.7 Å². The van der Waals surface area contributed by atoms with Crippen molar-refractivity contribution in [2.24, 2.45) is 0 Å². The van der Waals surface area contributed by atoms with Crippen molar-refractivity contribution >= 4 is 22.5 Å². The second-order valence-corrected chi connectivity index (χ2v) is 8.70. The number of methoxy groups -OCH3 is 1. The predicted octanol–water partition coefficient (Wildman–Crippen LogP) is 3.76. The van der Waals surface area contributed by atoms with Crippen molar-refractivity contribution in [3.05, 3.63) is 92.4 Å². The Morgan fingerprint density at radius 3 is 2.44 bits per heavy atom. The van der Waals surface area contributed by atoms with E-state index in [0.29, 0.717) is 48.8 Å². The summed E-state index contributed by atoms with van der Waals surface area (Å²) >= 11 is 1.52. The number of thiazole rings is 1. The SMILES string of the molecule is COCCCn1c(-c2csc(-c3ccccc3)n2)nc2c1c(=O)[nH]c(=O)n2Cc1ccccc1. The van der Waals surface area contributed by atoms with Crippen molar-refractivity contribution in [1.82, 2.24) is 24.1 Å². The van der Waals surface area contributed by atoms with Crippen LogP contribution >= 0.6 is 11.3 Å². The highest BCUT2D eigenvalue weighted by Gasteiger charge is 2.21. The van der Waals surface area contributed by atoms with Gasteiger partial charge in [0.15, 0.2) is 17.0 Å². The molecule has 3 heterocycles. The molecular weight excluding hydrogens is 450 g/mol. The second-order valence-electron chi connectivity index (χ2n) is 7.84.